The molecule has 0 aromatic heterocycles. The van der Waals surface area contributed by atoms with E-state index in [1.54, 1.807) is 11.8 Å². The number of urea groups is 1. The van der Waals surface area contributed by atoms with Crippen LogP contribution in [0.15, 0.2) is 82.6 Å². The van der Waals surface area contributed by atoms with Gasteiger partial charge in [-0.2, -0.15) is 0 Å². The van der Waals surface area contributed by atoms with E-state index in [1.165, 1.54) is 11.1 Å². The molecule has 0 spiro atoms. The van der Waals surface area contributed by atoms with E-state index in [4.69, 9.17) is 0 Å². The molecule has 2 amide bonds. The highest BCUT2D eigenvalue weighted by molar-refractivity contribution is 7.99. The molecule has 2 aliphatic rings. The molecule has 3 aromatic carbocycles. The number of para-hydroxylation sites is 2. The highest BCUT2D eigenvalue weighted by Crippen LogP contribution is 2.48. The molecule has 3 aromatic rings. The second-order valence-electron chi connectivity index (χ2n) is 6.97. The SMILES string of the molecule is O=C(NC1CCCc2ccccc21)N1c2ccccc2Sc2ccccc21. The Labute approximate surface area is 163 Å². The Kier molecular flexibility index (Phi) is 4.13. The first kappa shape index (κ1) is 16.5. The second kappa shape index (κ2) is 6.78. The van der Waals surface area contributed by atoms with Crippen LogP contribution in [0.25, 0.3) is 0 Å². The molecule has 27 heavy (non-hydrogen) atoms. The summed E-state index contributed by atoms with van der Waals surface area (Å²) in [5.74, 6) is 0. The first-order valence-corrected chi connectivity index (χ1v) is 10.2. The summed E-state index contributed by atoms with van der Waals surface area (Å²) in [4.78, 5) is 17.5. The van der Waals surface area contributed by atoms with Crippen LogP contribution in [0.1, 0.15) is 30.0 Å². The molecule has 0 saturated heterocycles. The van der Waals surface area contributed by atoms with Gasteiger partial charge in [0, 0.05) is 9.79 Å². The Bertz CT molecular complexity index is 971. The van der Waals surface area contributed by atoms with Crippen LogP contribution in [0.5, 0.6) is 0 Å². The van der Waals surface area contributed by atoms with Crippen molar-refractivity contribution in [3.05, 3.63) is 83.9 Å². The molecule has 4 heteroatoms. The molecule has 1 atom stereocenters. The molecular formula is C23H20N2OS. The maximum absolute atomic E-state index is 13.4. The van der Waals surface area contributed by atoms with Gasteiger partial charge in [0.2, 0.25) is 0 Å². The molecule has 134 valence electrons. The summed E-state index contributed by atoms with van der Waals surface area (Å²) in [6.07, 6.45) is 3.17. The van der Waals surface area contributed by atoms with Crippen molar-refractivity contribution in [1.82, 2.24) is 5.32 Å². The summed E-state index contributed by atoms with van der Waals surface area (Å²) in [5, 5.41) is 3.30. The molecule has 1 aliphatic heterocycles. The number of fused-ring (bicyclic) bond motifs is 3. The monoisotopic (exact) mass is 372 g/mol. The van der Waals surface area contributed by atoms with Gasteiger partial charge in [-0.05, 0) is 54.7 Å². The molecule has 5 rings (SSSR count). The third-order valence-corrected chi connectivity index (χ3v) is 6.43. The van der Waals surface area contributed by atoms with E-state index in [2.05, 4.69) is 41.7 Å². The first-order valence-electron chi connectivity index (χ1n) is 9.35. The van der Waals surface area contributed by atoms with Crippen LogP contribution >= 0.6 is 11.8 Å². The number of rotatable bonds is 1. The third-order valence-electron chi connectivity index (χ3n) is 5.30. The predicted octanol–water partition coefficient (Wildman–Crippen LogP) is 6.08. The number of amides is 2. The van der Waals surface area contributed by atoms with Crippen LogP contribution in [0, 0.1) is 0 Å². The van der Waals surface area contributed by atoms with Gasteiger partial charge in [-0.15, -0.1) is 0 Å². The molecule has 1 N–H and O–H groups in total. The Morgan fingerprint density at radius 3 is 2.26 bits per heavy atom. The predicted molar refractivity (Wildman–Crippen MR) is 110 cm³/mol. The largest absolute Gasteiger partial charge is 0.331 e. The van der Waals surface area contributed by atoms with Gasteiger partial charge in [0.05, 0.1) is 17.4 Å². The first-order chi connectivity index (χ1) is 13.3. The van der Waals surface area contributed by atoms with Crippen molar-refractivity contribution >= 4 is 29.2 Å². The standard InChI is InChI=1S/C23H20N2OS/c26-23(24-18-11-7-9-16-8-1-2-10-17(16)18)25-19-12-3-5-14-21(19)27-22-15-6-4-13-20(22)25/h1-6,8,10,12-15,18H,7,9,11H2,(H,24,26). The van der Waals surface area contributed by atoms with Crippen LogP contribution in [-0.4, -0.2) is 6.03 Å². The topological polar surface area (TPSA) is 32.3 Å². The van der Waals surface area contributed by atoms with E-state index in [0.717, 1.165) is 40.4 Å². The number of hydrogen-bond acceptors (Lipinski definition) is 2. The number of carbonyl (C=O) groups is 1. The number of aryl methyl sites for hydroxylation is 1. The Morgan fingerprint density at radius 2 is 1.52 bits per heavy atom. The Balaban J connectivity index is 1.51. The summed E-state index contributed by atoms with van der Waals surface area (Å²) in [7, 11) is 0. The molecule has 1 unspecified atom stereocenters. The van der Waals surface area contributed by atoms with Crippen molar-refractivity contribution < 1.29 is 4.79 Å². The van der Waals surface area contributed by atoms with Crippen LogP contribution in [0.2, 0.25) is 0 Å². The fourth-order valence-corrected chi connectivity index (χ4v) is 5.10. The zero-order chi connectivity index (χ0) is 18.2. The van der Waals surface area contributed by atoms with Gasteiger partial charge in [-0.25, -0.2) is 4.79 Å². The van der Waals surface area contributed by atoms with Crippen LogP contribution in [0.3, 0.4) is 0 Å². The minimum atomic E-state index is -0.0584. The highest BCUT2D eigenvalue weighted by Gasteiger charge is 2.30. The minimum Gasteiger partial charge on any atom is -0.331 e. The zero-order valence-corrected chi connectivity index (χ0v) is 15.7. The van der Waals surface area contributed by atoms with E-state index < -0.39 is 0 Å². The third kappa shape index (κ3) is 2.90. The smallest absolute Gasteiger partial charge is 0.327 e. The van der Waals surface area contributed by atoms with Crippen molar-refractivity contribution in [2.45, 2.75) is 35.1 Å². The van der Waals surface area contributed by atoms with Gasteiger partial charge in [-0.1, -0.05) is 60.3 Å². The van der Waals surface area contributed by atoms with Crippen molar-refractivity contribution in [2.75, 3.05) is 4.90 Å². The number of hydrogen-bond donors (Lipinski definition) is 1. The fraction of sp³-hybridized carbons (Fsp3) is 0.174. The van der Waals surface area contributed by atoms with Crippen molar-refractivity contribution in [2.24, 2.45) is 0 Å². The molecule has 0 bridgehead atoms. The maximum Gasteiger partial charge on any atom is 0.327 e. The highest BCUT2D eigenvalue weighted by atomic mass is 32.2. The number of benzene rings is 3. The number of anilines is 2. The van der Waals surface area contributed by atoms with Gasteiger partial charge in [0.1, 0.15) is 0 Å². The van der Waals surface area contributed by atoms with E-state index in [0.29, 0.717) is 0 Å². The van der Waals surface area contributed by atoms with Gasteiger partial charge in [-0.3, -0.25) is 4.90 Å². The molecule has 1 heterocycles. The lowest BCUT2D eigenvalue weighted by Crippen LogP contribution is -2.41. The summed E-state index contributed by atoms with van der Waals surface area (Å²) in [6.45, 7) is 0. The summed E-state index contributed by atoms with van der Waals surface area (Å²) in [6, 6.07) is 24.7. The average molecular weight is 372 g/mol. The van der Waals surface area contributed by atoms with Crippen molar-refractivity contribution in [3.63, 3.8) is 0 Å². The minimum absolute atomic E-state index is 0.0584. The molecule has 0 saturated carbocycles. The lowest BCUT2D eigenvalue weighted by atomic mass is 9.88. The summed E-state index contributed by atoms with van der Waals surface area (Å²) in [5.41, 5.74) is 4.50. The van der Waals surface area contributed by atoms with Crippen molar-refractivity contribution in [3.8, 4) is 0 Å². The maximum atomic E-state index is 13.4. The Morgan fingerprint density at radius 1 is 0.889 bits per heavy atom. The molecule has 3 nitrogen and oxygen atoms in total. The molecule has 0 fully saturated rings. The molecule has 1 aliphatic carbocycles. The number of nitrogens with zero attached hydrogens (tertiary/aromatic N) is 1. The molecular weight excluding hydrogens is 352 g/mol. The van der Waals surface area contributed by atoms with Gasteiger partial charge >= 0.3 is 6.03 Å². The second-order valence-corrected chi connectivity index (χ2v) is 8.05. The van der Waals surface area contributed by atoms with Crippen LogP contribution in [0.4, 0.5) is 16.2 Å². The quantitative estimate of drug-likeness (QED) is 0.562. The zero-order valence-electron chi connectivity index (χ0n) is 14.9. The van der Waals surface area contributed by atoms with Gasteiger partial charge in [0.25, 0.3) is 0 Å². The average Bonchev–Trinajstić information content (AvgIpc) is 2.72. The summed E-state index contributed by atoms with van der Waals surface area (Å²) >= 11 is 1.72. The summed E-state index contributed by atoms with van der Waals surface area (Å²) < 4.78 is 0. The lowest BCUT2D eigenvalue weighted by Gasteiger charge is -2.33. The van der Waals surface area contributed by atoms with Gasteiger partial charge in [0.15, 0.2) is 0 Å². The fourth-order valence-electron chi connectivity index (χ4n) is 4.04. The van der Waals surface area contributed by atoms with Crippen LogP contribution in [-0.2, 0) is 6.42 Å². The lowest BCUT2D eigenvalue weighted by molar-refractivity contribution is 0.243. The van der Waals surface area contributed by atoms with E-state index >= 15 is 0 Å². The van der Waals surface area contributed by atoms with Crippen LogP contribution < -0.4 is 10.2 Å². The van der Waals surface area contributed by atoms with E-state index in [1.807, 2.05) is 41.3 Å². The van der Waals surface area contributed by atoms with Gasteiger partial charge < -0.3 is 5.32 Å². The molecule has 0 radical (unpaired) electrons. The number of nitrogens with one attached hydrogen (secondary N) is 1. The van der Waals surface area contributed by atoms with Crippen molar-refractivity contribution in [1.29, 1.82) is 0 Å². The van der Waals surface area contributed by atoms with E-state index in [-0.39, 0.29) is 12.1 Å². The normalized spacial score (nSPS) is 17.5. The van der Waals surface area contributed by atoms with E-state index in [9.17, 15) is 4.79 Å². The Hall–Kier alpha value is -2.72. The number of carbonyl (C=O) groups excluding carboxylic acids is 1.